The maximum atomic E-state index is 12.7. The number of carbonyl (C=O) groups is 1. The van der Waals surface area contributed by atoms with Crippen LogP contribution in [-0.2, 0) is 17.6 Å². The molecular formula is C18H20F3N3O3. The van der Waals surface area contributed by atoms with Crippen LogP contribution in [0.5, 0.6) is 5.75 Å². The predicted octanol–water partition coefficient (Wildman–Crippen LogP) is 2.35. The van der Waals surface area contributed by atoms with Gasteiger partial charge in [0, 0.05) is 17.2 Å². The molecule has 1 aliphatic carbocycles. The van der Waals surface area contributed by atoms with Gasteiger partial charge in [0.15, 0.2) is 0 Å². The molecule has 146 valence electrons. The number of amides is 1. The highest BCUT2D eigenvalue weighted by Crippen LogP contribution is 2.23. The molecule has 0 aliphatic heterocycles. The molecule has 0 bridgehead atoms. The second kappa shape index (κ2) is 7.50. The van der Waals surface area contributed by atoms with Gasteiger partial charge in [0.2, 0.25) is 5.91 Å². The fourth-order valence-corrected chi connectivity index (χ4v) is 3.27. The zero-order valence-electron chi connectivity index (χ0n) is 14.7. The van der Waals surface area contributed by atoms with Crippen LogP contribution in [-0.4, -0.2) is 35.5 Å². The molecule has 1 amide bonds. The molecule has 27 heavy (non-hydrogen) atoms. The zero-order valence-corrected chi connectivity index (χ0v) is 14.7. The molecular weight excluding hydrogens is 363 g/mol. The van der Waals surface area contributed by atoms with E-state index in [4.69, 9.17) is 4.74 Å². The van der Waals surface area contributed by atoms with Crippen LogP contribution in [0, 0.1) is 5.92 Å². The number of hydrogen-bond donors (Lipinski definition) is 2. The Morgan fingerprint density at radius 3 is 2.56 bits per heavy atom. The quantitative estimate of drug-likeness (QED) is 0.796. The lowest BCUT2D eigenvalue weighted by Gasteiger charge is -2.15. The van der Waals surface area contributed by atoms with Gasteiger partial charge >= 0.3 is 6.18 Å². The van der Waals surface area contributed by atoms with Crippen molar-refractivity contribution < 1.29 is 22.7 Å². The van der Waals surface area contributed by atoms with E-state index in [2.05, 4.69) is 5.10 Å². The number of aromatic nitrogens is 2. The predicted molar refractivity (Wildman–Crippen MR) is 92.1 cm³/mol. The van der Waals surface area contributed by atoms with Crippen LogP contribution >= 0.6 is 0 Å². The van der Waals surface area contributed by atoms with Gasteiger partial charge in [-0.05, 0) is 49.9 Å². The van der Waals surface area contributed by atoms with Crippen molar-refractivity contribution >= 4 is 5.91 Å². The number of nitrogens with one attached hydrogen (secondary N) is 2. The Morgan fingerprint density at radius 1 is 1.26 bits per heavy atom. The molecule has 3 rings (SSSR count). The molecule has 1 aromatic carbocycles. The minimum absolute atomic E-state index is 0.202. The average Bonchev–Trinajstić information content (AvgIpc) is 2.81. The molecule has 0 fully saturated rings. The van der Waals surface area contributed by atoms with Gasteiger partial charge in [-0.2, -0.15) is 13.2 Å². The number of alkyl halides is 3. The number of nitrogens with zero attached hydrogens (tertiary/aromatic N) is 1. The van der Waals surface area contributed by atoms with E-state index in [1.165, 1.54) is 4.68 Å². The van der Waals surface area contributed by atoms with Crippen molar-refractivity contribution in [2.24, 2.45) is 5.92 Å². The summed E-state index contributed by atoms with van der Waals surface area (Å²) in [6.45, 7) is -1.34. The highest BCUT2D eigenvalue weighted by molar-refractivity contribution is 5.78. The highest BCUT2D eigenvalue weighted by Gasteiger charge is 2.31. The maximum Gasteiger partial charge on any atom is 0.405 e. The second-order valence-electron chi connectivity index (χ2n) is 6.51. The van der Waals surface area contributed by atoms with Crippen molar-refractivity contribution in [2.75, 3.05) is 13.7 Å². The molecule has 1 heterocycles. The Kier molecular flexibility index (Phi) is 5.29. The molecule has 2 aromatic rings. The van der Waals surface area contributed by atoms with Gasteiger partial charge in [0.1, 0.15) is 12.3 Å². The second-order valence-corrected chi connectivity index (χ2v) is 6.51. The van der Waals surface area contributed by atoms with Gasteiger partial charge in [0.05, 0.1) is 12.8 Å². The first-order valence-corrected chi connectivity index (χ1v) is 8.60. The molecule has 6 nitrogen and oxygen atoms in total. The largest absolute Gasteiger partial charge is 0.497 e. The first kappa shape index (κ1) is 19.1. The number of methoxy groups -OCH3 is 1. The van der Waals surface area contributed by atoms with Crippen molar-refractivity contribution in [3.63, 3.8) is 0 Å². The van der Waals surface area contributed by atoms with E-state index in [-0.39, 0.29) is 5.56 Å². The molecule has 1 aliphatic rings. The number of halogens is 3. The first-order chi connectivity index (χ1) is 12.8. The van der Waals surface area contributed by atoms with E-state index in [9.17, 15) is 22.8 Å². The summed E-state index contributed by atoms with van der Waals surface area (Å²) in [5, 5.41) is 5.00. The number of aromatic amines is 1. The number of benzene rings is 1. The summed E-state index contributed by atoms with van der Waals surface area (Å²) in [5.41, 5.74) is 1.76. The first-order valence-electron chi connectivity index (χ1n) is 8.60. The Hall–Kier alpha value is -2.71. The Labute approximate surface area is 153 Å². The number of fused-ring (bicyclic) bond motifs is 1. The molecule has 2 N–H and O–H groups in total. The van der Waals surface area contributed by atoms with Crippen LogP contribution in [0.25, 0.3) is 5.69 Å². The monoisotopic (exact) mass is 383 g/mol. The molecule has 1 unspecified atom stereocenters. The van der Waals surface area contributed by atoms with E-state index in [1.54, 1.807) is 31.4 Å². The molecule has 0 saturated carbocycles. The number of hydrogen-bond acceptors (Lipinski definition) is 3. The van der Waals surface area contributed by atoms with Gasteiger partial charge in [-0.25, -0.2) is 4.68 Å². The smallest absolute Gasteiger partial charge is 0.405 e. The van der Waals surface area contributed by atoms with Crippen molar-refractivity contribution in [3.05, 3.63) is 45.9 Å². The van der Waals surface area contributed by atoms with Crippen LogP contribution in [0.3, 0.4) is 0 Å². The molecule has 1 atom stereocenters. The summed E-state index contributed by atoms with van der Waals surface area (Å²) >= 11 is 0. The van der Waals surface area contributed by atoms with E-state index in [0.29, 0.717) is 42.7 Å². The van der Waals surface area contributed by atoms with Crippen LogP contribution in [0.2, 0.25) is 0 Å². The highest BCUT2D eigenvalue weighted by atomic mass is 19.4. The maximum absolute atomic E-state index is 12.7. The third-order valence-electron chi connectivity index (χ3n) is 4.72. The van der Waals surface area contributed by atoms with Crippen LogP contribution in [0.15, 0.2) is 29.1 Å². The van der Waals surface area contributed by atoms with Crippen LogP contribution in [0.4, 0.5) is 13.2 Å². The standard InChI is InChI=1S/C18H20F3N3O3/c1-27-13-6-4-12(5-7-13)24-17(26)14-8-2-11(3-9-15(14)23-24)16(25)22-10-18(19,20)21/h4-7,11,23H,2-3,8-10H2,1H3,(H,22,25). The normalized spacial score (nSPS) is 17.1. The lowest BCUT2D eigenvalue weighted by atomic mass is 9.99. The third-order valence-corrected chi connectivity index (χ3v) is 4.72. The number of carbonyl (C=O) groups excluding carboxylic acids is 1. The number of ether oxygens (including phenoxy) is 1. The van der Waals surface area contributed by atoms with Gasteiger partial charge in [0.25, 0.3) is 5.56 Å². The van der Waals surface area contributed by atoms with Crippen molar-refractivity contribution in [1.29, 1.82) is 0 Å². The minimum atomic E-state index is -4.43. The summed E-state index contributed by atoms with van der Waals surface area (Å²) in [7, 11) is 1.55. The SMILES string of the molecule is COc1ccc(-n2[nH]c3c(c2=O)CCC(C(=O)NCC(F)(F)F)CC3)cc1. The lowest BCUT2D eigenvalue weighted by molar-refractivity contribution is -0.141. The van der Waals surface area contributed by atoms with Gasteiger partial charge < -0.3 is 10.1 Å². The van der Waals surface area contributed by atoms with Gasteiger partial charge in [-0.15, -0.1) is 0 Å². The number of rotatable bonds is 4. The topological polar surface area (TPSA) is 76.1 Å². The van der Waals surface area contributed by atoms with E-state index in [1.807, 2.05) is 5.32 Å². The number of H-pyrrole nitrogens is 1. The molecule has 1 aromatic heterocycles. The Balaban J connectivity index is 1.72. The summed E-state index contributed by atoms with van der Waals surface area (Å²) in [4.78, 5) is 24.7. The van der Waals surface area contributed by atoms with Crippen molar-refractivity contribution in [3.8, 4) is 11.4 Å². The summed E-state index contributed by atoms with van der Waals surface area (Å²) in [5.74, 6) is -0.484. The van der Waals surface area contributed by atoms with Crippen molar-refractivity contribution in [2.45, 2.75) is 31.9 Å². The summed E-state index contributed by atoms with van der Waals surface area (Å²) in [6.07, 6.45) is -2.93. The van der Waals surface area contributed by atoms with E-state index in [0.717, 1.165) is 5.69 Å². The van der Waals surface area contributed by atoms with Gasteiger partial charge in [-0.1, -0.05) is 0 Å². The molecule has 0 spiro atoms. The summed E-state index contributed by atoms with van der Waals surface area (Å²) in [6, 6.07) is 7.00. The molecule has 0 radical (unpaired) electrons. The Morgan fingerprint density at radius 2 is 1.93 bits per heavy atom. The molecule has 0 saturated heterocycles. The van der Waals surface area contributed by atoms with Crippen LogP contribution in [0.1, 0.15) is 24.1 Å². The van der Waals surface area contributed by atoms with Crippen LogP contribution < -0.4 is 15.6 Å². The molecule has 9 heteroatoms. The average molecular weight is 383 g/mol. The Bertz CT molecular complexity index is 869. The zero-order chi connectivity index (χ0) is 19.6. The number of aryl methyl sites for hydroxylation is 1. The van der Waals surface area contributed by atoms with E-state index >= 15 is 0 Å². The summed E-state index contributed by atoms with van der Waals surface area (Å²) < 4.78 is 43.3. The van der Waals surface area contributed by atoms with Crippen molar-refractivity contribution in [1.82, 2.24) is 15.1 Å². The van der Waals surface area contributed by atoms with E-state index < -0.39 is 24.5 Å². The minimum Gasteiger partial charge on any atom is -0.497 e. The lowest BCUT2D eigenvalue weighted by Crippen LogP contribution is -2.37. The third kappa shape index (κ3) is 4.35. The fourth-order valence-electron chi connectivity index (χ4n) is 3.27. The fraction of sp³-hybridized carbons (Fsp3) is 0.444. The van der Waals surface area contributed by atoms with Gasteiger partial charge in [-0.3, -0.25) is 14.7 Å².